The lowest BCUT2D eigenvalue weighted by atomic mass is 10.1. The Labute approximate surface area is 129 Å². The minimum absolute atomic E-state index is 0.0964. The third kappa shape index (κ3) is 2.93. The maximum absolute atomic E-state index is 12.6. The summed E-state index contributed by atoms with van der Waals surface area (Å²) in [5.41, 5.74) is 2.15. The summed E-state index contributed by atoms with van der Waals surface area (Å²) in [6.45, 7) is 2.55. The van der Waals surface area contributed by atoms with Crippen molar-refractivity contribution in [1.82, 2.24) is 15.6 Å². The predicted molar refractivity (Wildman–Crippen MR) is 84.6 cm³/mol. The van der Waals surface area contributed by atoms with Gasteiger partial charge in [-0.25, -0.2) is 0 Å². The average Bonchev–Trinajstić information content (AvgIpc) is 2.71. The molecular weight excluding hydrogens is 278 g/mol. The van der Waals surface area contributed by atoms with Gasteiger partial charge in [-0.3, -0.25) is 14.6 Å². The third-order valence-electron chi connectivity index (χ3n) is 3.93. The lowest BCUT2D eigenvalue weighted by Crippen LogP contribution is -2.45. The molecule has 1 aliphatic rings. The second-order valence-electron chi connectivity index (χ2n) is 5.64. The van der Waals surface area contributed by atoms with Crippen LogP contribution in [-0.4, -0.2) is 29.4 Å². The van der Waals surface area contributed by atoms with E-state index >= 15 is 0 Å². The Kier molecular flexibility index (Phi) is 4.04. The van der Waals surface area contributed by atoms with Crippen LogP contribution in [0.1, 0.15) is 35.3 Å². The minimum Gasteiger partial charge on any atom is -0.354 e. The molecule has 114 valence electrons. The van der Waals surface area contributed by atoms with Crippen molar-refractivity contribution < 1.29 is 9.59 Å². The number of hydrogen-bond acceptors (Lipinski definition) is 3. The number of carbonyl (C=O) groups is 2. The van der Waals surface area contributed by atoms with Crippen molar-refractivity contribution in [1.29, 1.82) is 0 Å². The van der Waals surface area contributed by atoms with E-state index in [2.05, 4.69) is 15.6 Å². The number of pyridine rings is 1. The van der Waals surface area contributed by atoms with Crippen LogP contribution in [-0.2, 0) is 4.79 Å². The molecule has 2 aromatic rings. The average molecular weight is 297 g/mol. The monoisotopic (exact) mass is 297 g/mol. The van der Waals surface area contributed by atoms with E-state index in [-0.39, 0.29) is 11.8 Å². The highest BCUT2D eigenvalue weighted by Crippen LogP contribution is 2.18. The first kappa shape index (κ1) is 14.5. The van der Waals surface area contributed by atoms with Gasteiger partial charge in [0.1, 0.15) is 6.04 Å². The molecule has 1 unspecified atom stereocenters. The van der Waals surface area contributed by atoms with Gasteiger partial charge in [0.05, 0.1) is 11.1 Å². The minimum atomic E-state index is -0.456. The van der Waals surface area contributed by atoms with Gasteiger partial charge in [0.15, 0.2) is 0 Å². The Morgan fingerprint density at radius 1 is 1.32 bits per heavy atom. The number of carbonyl (C=O) groups excluding carboxylic acids is 2. The molecule has 1 atom stereocenters. The van der Waals surface area contributed by atoms with Gasteiger partial charge >= 0.3 is 0 Å². The Morgan fingerprint density at radius 3 is 3.00 bits per heavy atom. The molecule has 0 spiro atoms. The molecule has 1 fully saturated rings. The number of aromatic nitrogens is 1. The number of nitrogens with zero attached hydrogens (tertiary/aromatic N) is 1. The molecular formula is C17H19N3O2. The van der Waals surface area contributed by atoms with Gasteiger partial charge in [0, 0.05) is 17.6 Å². The molecule has 1 aromatic carbocycles. The first-order valence-corrected chi connectivity index (χ1v) is 7.60. The maximum atomic E-state index is 12.6. The Bertz CT molecular complexity index is 727. The molecule has 0 aliphatic carbocycles. The molecule has 2 heterocycles. The van der Waals surface area contributed by atoms with E-state index in [9.17, 15) is 9.59 Å². The normalized spacial score (nSPS) is 18.6. The molecule has 5 nitrogen and oxygen atoms in total. The highest BCUT2D eigenvalue weighted by molar-refractivity contribution is 6.07. The van der Waals surface area contributed by atoms with Crippen molar-refractivity contribution in [2.75, 3.05) is 6.54 Å². The molecule has 1 saturated heterocycles. The Balaban J connectivity index is 1.90. The Hall–Kier alpha value is -2.43. The number of rotatable bonds is 2. The zero-order chi connectivity index (χ0) is 15.5. The van der Waals surface area contributed by atoms with Gasteiger partial charge in [0.25, 0.3) is 5.91 Å². The summed E-state index contributed by atoms with van der Waals surface area (Å²) in [5, 5.41) is 6.50. The smallest absolute Gasteiger partial charge is 0.252 e. The van der Waals surface area contributed by atoms with Crippen molar-refractivity contribution in [2.45, 2.75) is 32.2 Å². The molecule has 1 aliphatic heterocycles. The van der Waals surface area contributed by atoms with E-state index in [0.717, 1.165) is 29.4 Å². The quantitative estimate of drug-likeness (QED) is 0.890. The second-order valence-corrected chi connectivity index (χ2v) is 5.64. The Morgan fingerprint density at radius 2 is 2.14 bits per heavy atom. The van der Waals surface area contributed by atoms with Crippen molar-refractivity contribution in [2.24, 2.45) is 0 Å². The van der Waals surface area contributed by atoms with Gasteiger partial charge in [-0.2, -0.15) is 0 Å². The fraction of sp³-hybridized carbons (Fsp3) is 0.353. The number of para-hydroxylation sites is 1. The molecule has 2 amide bonds. The zero-order valence-electron chi connectivity index (χ0n) is 12.6. The summed E-state index contributed by atoms with van der Waals surface area (Å²) >= 11 is 0. The first-order chi connectivity index (χ1) is 10.6. The molecule has 0 radical (unpaired) electrons. The van der Waals surface area contributed by atoms with Crippen LogP contribution in [0.4, 0.5) is 0 Å². The van der Waals surface area contributed by atoms with Crippen LogP contribution in [0.3, 0.4) is 0 Å². The van der Waals surface area contributed by atoms with Crippen LogP contribution >= 0.6 is 0 Å². The highest BCUT2D eigenvalue weighted by atomic mass is 16.2. The van der Waals surface area contributed by atoms with Crippen LogP contribution in [0.2, 0.25) is 0 Å². The summed E-state index contributed by atoms with van der Waals surface area (Å²) in [6.07, 6.45) is 2.56. The van der Waals surface area contributed by atoms with Crippen LogP contribution in [0, 0.1) is 6.92 Å². The van der Waals surface area contributed by atoms with E-state index in [1.165, 1.54) is 0 Å². The second kappa shape index (κ2) is 6.13. The number of hydrogen-bond donors (Lipinski definition) is 2. The third-order valence-corrected chi connectivity index (χ3v) is 3.93. The lowest BCUT2D eigenvalue weighted by Gasteiger charge is -2.16. The highest BCUT2D eigenvalue weighted by Gasteiger charge is 2.23. The number of benzene rings is 1. The molecule has 0 bridgehead atoms. The lowest BCUT2D eigenvalue weighted by molar-refractivity contribution is -0.122. The first-order valence-electron chi connectivity index (χ1n) is 7.60. The summed E-state index contributed by atoms with van der Waals surface area (Å²) in [7, 11) is 0. The van der Waals surface area contributed by atoms with E-state index < -0.39 is 6.04 Å². The van der Waals surface area contributed by atoms with Crippen molar-refractivity contribution in [3.63, 3.8) is 0 Å². The van der Waals surface area contributed by atoms with Crippen LogP contribution < -0.4 is 10.6 Å². The molecule has 22 heavy (non-hydrogen) atoms. The van der Waals surface area contributed by atoms with Gasteiger partial charge in [-0.1, -0.05) is 18.2 Å². The number of fused-ring (bicyclic) bond motifs is 1. The predicted octanol–water partition coefficient (Wildman–Crippen LogP) is 1.94. The summed E-state index contributed by atoms with van der Waals surface area (Å²) in [5.74, 6) is -0.315. The fourth-order valence-electron chi connectivity index (χ4n) is 2.81. The molecule has 3 rings (SSSR count). The van der Waals surface area contributed by atoms with E-state index in [1.807, 2.05) is 31.2 Å². The van der Waals surface area contributed by atoms with E-state index in [0.29, 0.717) is 18.5 Å². The largest absolute Gasteiger partial charge is 0.354 e. The van der Waals surface area contributed by atoms with Crippen molar-refractivity contribution >= 4 is 22.7 Å². The number of aryl methyl sites for hydroxylation is 1. The van der Waals surface area contributed by atoms with Gasteiger partial charge in [0.2, 0.25) is 5.91 Å². The maximum Gasteiger partial charge on any atom is 0.252 e. The number of nitrogens with one attached hydrogen (secondary N) is 2. The van der Waals surface area contributed by atoms with Crippen LogP contribution in [0.5, 0.6) is 0 Å². The summed E-state index contributed by atoms with van der Waals surface area (Å²) in [4.78, 5) is 29.0. The summed E-state index contributed by atoms with van der Waals surface area (Å²) < 4.78 is 0. The van der Waals surface area contributed by atoms with Gasteiger partial charge in [-0.05, 0) is 38.3 Å². The molecule has 0 saturated carbocycles. The van der Waals surface area contributed by atoms with Crippen LogP contribution in [0.25, 0.3) is 10.9 Å². The fourth-order valence-corrected chi connectivity index (χ4v) is 2.81. The van der Waals surface area contributed by atoms with Gasteiger partial charge < -0.3 is 10.6 Å². The summed E-state index contributed by atoms with van der Waals surface area (Å²) in [6, 6.07) is 8.86. The van der Waals surface area contributed by atoms with E-state index in [1.54, 1.807) is 6.07 Å². The van der Waals surface area contributed by atoms with Crippen LogP contribution in [0.15, 0.2) is 30.3 Å². The molecule has 2 N–H and O–H groups in total. The van der Waals surface area contributed by atoms with Gasteiger partial charge in [-0.15, -0.1) is 0 Å². The molecule has 1 aromatic heterocycles. The standard InChI is InChI=1S/C17H19N3O2/c1-11-10-13(12-6-2-3-7-14(12)19-11)16(21)20-15-8-4-5-9-18-17(15)22/h2-3,6-7,10,15H,4-5,8-9H2,1H3,(H,18,22)(H,20,21). The van der Waals surface area contributed by atoms with E-state index in [4.69, 9.17) is 0 Å². The number of amides is 2. The van der Waals surface area contributed by atoms with Crippen molar-refractivity contribution in [3.05, 3.63) is 41.6 Å². The molecule has 5 heteroatoms. The topological polar surface area (TPSA) is 71.1 Å². The van der Waals surface area contributed by atoms with Crippen molar-refractivity contribution in [3.8, 4) is 0 Å². The zero-order valence-corrected chi connectivity index (χ0v) is 12.6. The SMILES string of the molecule is Cc1cc(C(=O)NC2CCCCNC2=O)c2ccccc2n1.